The van der Waals surface area contributed by atoms with Crippen LogP contribution in [-0.2, 0) is 11.3 Å². The minimum absolute atomic E-state index is 0.231. The minimum Gasteiger partial charge on any atom is -0.503 e. The van der Waals surface area contributed by atoms with Gasteiger partial charge in [-0.2, -0.15) is 0 Å². The third-order valence-electron chi connectivity index (χ3n) is 5.17. The summed E-state index contributed by atoms with van der Waals surface area (Å²) in [6, 6.07) is 20.3. The molecule has 1 heterocycles. The molecule has 0 radical (unpaired) electrons. The Hall–Kier alpha value is -3.12. The van der Waals surface area contributed by atoms with Crippen molar-refractivity contribution in [2.75, 3.05) is 7.11 Å². The number of methoxy groups -OCH3 is 1. The van der Waals surface area contributed by atoms with Crippen LogP contribution in [0.3, 0.4) is 0 Å². The molecule has 0 spiro atoms. The van der Waals surface area contributed by atoms with E-state index in [2.05, 4.69) is 15.9 Å². The summed E-state index contributed by atoms with van der Waals surface area (Å²) in [5, 5.41) is 10.8. The number of aliphatic hydroxyl groups is 1. The molecule has 1 N–H and O–H groups in total. The fourth-order valence-corrected chi connectivity index (χ4v) is 4.19. The molecule has 1 unspecified atom stereocenters. The number of nitrogens with zero attached hydrogens (tertiary/aromatic N) is 1. The van der Waals surface area contributed by atoms with Gasteiger partial charge in [0, 0.05) is 16.6 Å². The number of halogens is 2. The number of hydrogen-bond acceptors (Lipinski definition) is 3. The Bertz CT molecular complexity index is 1110. The molecule has 152 valence electrons. The van der Waals surface area contributed by atoms with Crippen molar-refractivity contribution in [3.8, 4) is 5.75 Å². The lowest BCUT2D eigenvalue weighted by molar-refractivity contribution is -0.130. The first-order valence-corrected chi connectivity index (χ1v) is 10.2. The Labute approximate surface area is 182 Å². The topological polar surface area (TPSA) is 49.8 Å². The van der Waals surface area contributed by atoms with E-state index in [-0.39, 0.29) is 18.1 Å². The predicted octanol–water partition coefficient (Wildman–Crippen LogP) is 5.65. The molecule has 1 aliphatic rings. The summed E-state index contributed by atoms with van der Waals surface area (Å²) in [5.74, 6) is -0.411. The number of carbonyl (C=O) groups is 1. The van der Waals surface area contributed by atoms with E-state index in [9.17, 15) is 14.3 Å². The molecule has 4 rings (SSSR count). The summed E-state index contributed by atoms with van der Waals surface area (Å²) in [5.41, 5.74) is 2.87. The van der Waals surface area contributed by atoms with Gasteiger partial charge in [-0.05, 0) is 47.0 Å². The summed E-state index contributed by atoms with van der Waals surface area (Å²) in [7, 11) is 1.58. The van der Waals surface area contributed by atoms with E-state index in [4.69, 9.17) is 4.74 Å². The zero-order valence-corrected chi connectivity index (χ0v) is 17.8. The molecule has 30 heavy (non-hydrogen) atoms. The molecule has 1 aliphatic heterocycles. The highest BCUT2D eigenvalue weighted by Crippen LogP contribution is 2.45. The second kappa shape index (κ2) is 8.32. The van der Waals surface area contributed by atoms with Gasteiger partial charge >= 0.3 is 0 Å². The van der Waals surface area contributed by atoms with E-state index >= 15 is 0 Å². The van der Waals surface area contributed by atoms with Gasteiger partial charge < -0.3 is 14.7 Å². The highest BCUT2D eigenvalue weighted by atomic mass is 79.9. The molecule has 6 heteroatoms. The van der Waals surface area contributed by atoms with Gasteiger partial charge in [-0.15, -0.1) is 0 Å². The van der Waals surface area contributed by atoms with Crippen LogP contribution in [0.4, 0.5) is 4.39 Å². The Morgan fingerprint density at radius 3 is 2.33 bits per heavy atom. The summed E-state index contributed by atoms with van der Waals surface area (Å²) in [6.07, 6.45) is 0. The van der Waals surface area contributed by atoms with Gasteiger partial charge in [-0.25, -0.2) is 4.39 Å². The van der Waals surface area contributed by atoms with Crippen LogP contribution >= 0.6 is 15.9 Å². The lowest BCUT2D eigenvalue weighted by Crippen LogP contribution is -2.30. The Morgan fingerprint density at radius 1 is 1.03 bits per heavy atom. The molecule has 0 aliphatic carbocycles. The maximum Gasteiger partial charge on any atom is 0.290 e. The van der Waals surface area contributed by atoms with Gasteiger partial charge in [-0.3, -0.25) is 4.79 Å². The number of rotatable bonds is 5. The summed E-state index contributed by atoms with van der Waals surface area (Å²) in [6.45, 7) is 0.231. The van der Waals surface area contributed by atoms with E-state index < -0.39 is 11.9 Å². The monoisotopic (exact) mass is 467 g/mol. The molecule has 3 aromatic rings. The van der Waals surface area contributed by atoms with E-state index in [1.165, 1.54) is 12.1 Å². The van der Waals surface area contributed by atoms with Gasteiger partial charge in [0.2, 0.25) is 0 Å². The number of carbonyl (C=O) groups excluding carboxylic acids is 1. The van der Waals surface area contributed by atoms with Crippen molar-refractivity contribution < 1.29 is 19.0 Å². The van der Waals surface area contributed by atoms with Gasteiger partial charge in [0.1, 0.15) is 11.6 Å². The SMILES string of the molecule is COc1ccc(C2=C(O)C(=O)N(Cc3ccc(F)cc3)C2c2ccccc2Br)cc1. The molecule has 0 aromatic heterocycles. The first-order chi connectivity index (χ1) is 14.5. The molecule has 4 nitrogen and oxygen atoms in total. The van der Waals surface area contributed by atoms with Gasteiger partial charge in [0.05, 0.1) is 13.2 Å². The van der Waals surface area contributed by atoms with Crippen molar-refractivity contribution in [2.45, 2.75) is 12.6 Å². The quantitative estimate of drug-likeness (QED) is 0.527. The lowest BCUT2D eigenvalue weighted by Gasteiger charge is -2.28. The van der Waals surface area contributed by atoms with Gasteiger partial charge in [0.25, 0.3) is 5.91 Å². The predicted molar refractivity (Wildman–Crippen MR) is 116 cm³/mol. The second-order valence-corrected chi connectivity index (χ2v) is 7.83. The number of hydrogen-bond donors (Lipinski definition) is 1. The van der Waals surface area contributed by atoms with E-state index in [1.54, 1.807) is 36.3 Å². The van der Waals surface area contributed by atoms with Crippen LogP contribution in [0.25, 0.3) is 5.57 Å². The van der Waals surface area contributed by atoms with Crippen molar-refractivity contribution in [3.05, 3.63) is 106 Å². The fourth-order valence-electron chi connectivity index (χ4n) is 3.69. The second-order valence-electron chi connectivity index (χ2n) is 6.97. The molecule has 1 amide bonds. The number of aliphatic hydroxyl groups excluding tert-OH is 1. The van der Waals surface area contributed by atoms with Crippen molar-refractivity contribution in [2.24, 2.45) is 0 Å². The largest absolute Gasteiger partial charge is 0.503 e. The first kappa shape index (κ1) is 20.2. The van der Waals surface area contributed by atoms with Crippen LogP contribution in [0.2, 0.25) is 0 Å². The van der Waals surface area contributed by atoms with Crippen molar-refractivity contribution in [1.82, 2.24) is 4.90 Å². The van der Waals surface area contributed by atoms with E-state index in [0.717, 1.165) is 21.2 Å². The maximum atomic E-state index is 13.3. The Kier molecular flexibility index (Phi) is 5.59. The van der Waals surface area contributed by atoms with Crippen molar-refractivity contribution in [1.29, 1.82) is 0 Å². The molecule has 0 fully saturated rings. The highest BCUT2D eigenvalue weighted by Gasteiger charge is 2.41. The Morgan fingerprint density at radius 2 is 1.70 bits per heavy atom. The normalized spacial score (nSPS) is 16.3. The average Bonchev–Trinajstić information content (AvgIpc) is 3.00. The van der Waals surface area contributed by atoms with Crippen LogP contribution < -0.4 is 4.74 Å². The highest BCUT2D eigenvalue weighted by molar-refractivity contribution is 9.10. The standard InChI is InChI=1S/C24H19BrFNO3/c1-30-18-12-8-16(9-13-18)21-22(19-4-2-3-5-20(19)25)27(24(29)23(21)28)14-15-6-10-17(26)11-7-15/h2-13,22,28H,14H2,1H3. The smallest absolute Gasteiger partial charge is 0.290 e. The van der Waals surface area contributed by atoms with Gasteiger partial charge in [-0.1, -0.05) is 58.4 Å². The molecular formula is C24H19BrFNO3. The molecule has 3 aromatic carbocycles. The van der Waals surface area contributed by atoms with Crippen LogP contribution in [0.15, 0.2) is 83.0 Å². The van der Waals surface area contributed by atoms with Crippen LogP contribution in [-0.4, -0.2) is 23.0 Å². The molecular weight excluding hydrogens is 449 g/mol. The third kappa shape index (κ3) is 3.71. The zero-order chi connectivity index (χ0) is 21.3. The Balaban J connectivity index is 1.81. The molecule has 0 bridgehead atoms. The minimum atomic E-state index is -0.508. The molecule has 1 atom stereocenters. The maximum absolute atomic E-state index is 13.3. The molecule has 0 saturated heterocycles. The fraction of sp³-hybridized carbons (Fsp3) is 0.125. The lowest BCUT2D eigenvalue weighted by atomic mass is 9.93. The zero-order valence-electron chi connectivity index (χ0n) is 16.2. The number of ether oxygens (including phenoxy) is 1. The van der Waals surface area contributed by atoms with Crippen molar-refractivity contribution >= 4 is 27.4 Å². The molecule has 0 saturated carbocycles. The van der Waals surface area contributed by atoms with Crippen molar-refractivity contribution in [3.63, 3.8) is 0 Å². The number of benzene rings is 3. The summed E-state index contributed by atoms with van der Waals surface area (Å²) in [4.78, 5) is 14.7. The van der Waals surface area contributed by atoms with Crippen LogP contribution in [0.5, 0.6) is 5.75 Å². The van der Waals surface area contributed by atoms with E-state index in [0.29, 0.717) is 11.3 Å². The van der Waals surface area contributed by atoms with Crippen LogP contribution in [0.1, 0.15) is 22.7 Å². The van der Waals surface area contributed by atoms with E-state index in [1.807, 2.05) is 36.4 Å². The summed E-state index contributed by atoms with van der Waals surface area (Å²) >= 11 is 3.58. The average molecular weight is 468 g/mol. The first-order valence-electron chi connectivity index (χ1n) is 9.37. The summed E-state index contributed by atoms with van der Waals surface area (Å²) < 4.78 is 19.4. The number of amides is 1. The van der Waals surface area contributed by atoms with Crippen LogP contribution in [0, 0.1) is 5.82 Å². The van der Waals surface area contributed by atoms with Gasteiger partial charge in [0.15, 0.2) is 5.76 Å². The third-order valence-corrected chi connectivity index (χ3v) is 5.89.